The predicted molar refractivity (Wildman–Crippen MR) is 80.9 cm³/mol. The van der Waals surface area contributed by atoms with Gasteiger partial charge in [0.1, 0.15) is 5.82 Å². The highest BCUT2D eigenvalue weighted by atomic mass is 32.1. The van der Waals surface area contributed by atoms with Crippen molar-refractivity contribution in [2.24, 2.45) is 0 Å². The molecular formula is C13H10N6S. The van der Waals surface area contributed by atoms with Crippen molar-refractivity contribution >= 4 is 44.9 Å². The fraction of sp³-hybridized carbons (Fsp3) is 0. The summed E-state index contributed by atoms with van der Waals surface area (Å²) in [6.07, 6.45) is 3.75. The van der Waals surface area contributed by atoms with Crippen molar-refractivity contribution in [1.82, 2.24) is 19.5 Å². The van der Waals surface area contributed by atoms with Crippen LogP contribution in [0, 0.1) is 0 Å². The second kappa shape index (κ2) is 3.91. The third-order valence-electron chi connectivity index (χ3n) is 3.20. The number of thiazole rings is 1. The van der Waals surface area contributed by atoms with E-state index in [9.17, 15) is 0 Å². The third-order valence-corrected chi connectivity index (χ3v) is 3.97. The predicted octanol–water partition coefficient (Wildman–Crippen LogP) is 2.19. The Labute approximate surface area is 117 Å². The van der Waals surface area contributed by atoms with Crippen LogP contribution >= 0.6 is 11.3 Å². The molecule has 0 amide bonds. The zero-order valence-electron chi connectivity index (χ0n) is 10.3. The molecule has 0 radical (unpaired) electrons. The Morgan fingerprint density at radius 1 is 1.10 bits per heavy atom. The van der Waals surface area contributed by atoms with E-state index < -0.39 is 0 Å². The van der Waals surface area contributed by atoms with Gasteiger partial charge in [-0.2, -0.15) is 4.98 Å². The first-order valence-electron chi connectivity index (χ1n) is 5.96. The van der Waals surface area contributed by atoms with Gasteiger partial charge in [0.25, 0.3) is 0 Å². The Balaban J connectivity index is 2.12. The average molecular weight is 282 g/mol. The van der Waals surface area contributed by atoms with Gasteiger partial charge in [0.15, 0.2) is 5.13 Å². The number of hydrogen-bond donors (Lipinski definition) is 2. The largest absolute Gasteiger partial charge is 0.383 e. The van der Waals surface area contributed by atoms with E-state index in [2.05, 4.69) is 15.0 Å². The Bertz CT molecular complexity index is 925. The molecule has 20 heavy (non-hydrogen) atoms. The highest BCUT2D eigenvalue weighted by Gasteiger charge is 2.12. The second-order valence-corrected chi connectivity index (χ2v) is 5.23. The van der Waals surface area contributed by atoms with Crippen molar-refractivity contribution in [3.05, 3.63) is 36.0 Å². The zero-order valence-corrected chi connectivity index (χ0v) is 11.1. The summed E-state index contributed by atoms with van der Waals surface area (Å²) in [5.74, 6) is 0.587. The van der Waals surface area contributed by atoms with Crippen LogP contribution in [0.5, 0.6) is 0 Å². The maximum atomic E-state index is 6.00. The first-order chi connectivity index (χ1) is 9.74. The van der Waals surface area contributed by atoms with E-state index in [-0.39, 0.29) is 5.95 Å². The molecule has 0 unspecified atom stereocenters. The molecule has 0 aliphatic rings. The van der Waals surface area contributed by atoms with Gasteiger partial charge in [-0.05, 0) is 18.2 Å². The van der Waals surface area contributed by atoms with E-state index in [0.717, 1.165) is 26.9 Å². The first-order valence-corrected chi connectivity index (χ1v) is 6.84. The lowest BCUT2D eigenvalue weighted by Gasteiger charge is -2.05. The molecule has 3 heterocycles. The van der Waals surface area contributed by atoms with Crippen molar-refractivity contribution in [1.29, 1.82) is 0 Å². The fourth-order valence-electron chi connectivity index (χ4n) is 2.40. The number of anilines is 2. The summed E-state index contributed by atoms with van der Waals surface area (Å²) in [7, 11) is 0. The minimum absolute atomic E-state index is 0.189. The van der Waals surface area contributed by atoms with Crippen molar-refractivity contribution < 1.29 is 0 Å². The molecule has 0 saturated heterocycles. The van der Waals surface area contributed by atoms with Gasteiger partial charge in [-0.1, -0.05) is 0 Å². The molecule has 98 valence electrons. The number of benzene rings is 1. The van der Waals surface area contributed by atoms with Gasteiger partial charge in [-0.3, -0.25) is 4.57 Å². The fourth-order valence-corrected chi connectivity index (χ4v) is 3.03. The summed E-state index contributed by atoms with van der Waals surface area (Å²) in [6, 6.07) is 5.89. The van der Waals surface area contributed by atoms with Crippen molar-refractivity contribution in [3.63, 3.8) is 0 Å². The van der Waals surface area contributed by atoms with Crippen molar-refractivity contribution in [2.45, 2.75) is 0 Å². The Morgan fingerprint density at radius 2 is 2.00 bits per heavy atom. The van der Waals surface area contributed by atoms with Gasteiger partial charge in [0.2, 0.25) is 5.95 Å². The van der Waals surface area contributed by atoms with Gasteiger partial charge in [0.05, 0.1) is 16.4 Å². The maximum Gasteiger partial charge on any atom is 0.222 e. The summed E-state index contributed by atoms with van der Waals surface area (Å²) in [4.78, 5) is 12.6. The molecule has 1 aromatic carbocycles. The molecule has 7 heteroatoms. The van der Waals surface area contributed by atoms with Crippen LogP contribution in [-0.4, -0.2) is 19.5 Å². The molecule has 0 bridgehead atoms. The van der Waals surface area contributed by atoms with Gasteiger partial charge in [0, 0.05) is 23.2 Å². The molecule has 4 rings (SSSR count). The molecule has 4 aromatic rings. The van der Waals surface area contributed by atoms with E-state index in [0.29, 0.717) is 5.82 Å². The van der Waals surface area contributed by atoms with Crippen LogP contribution in [0.4, 0.5) is 11.8 Å². The number of hydrogen-bond acceptors (Lipinski definition) is 6. The van der Waals surface area contributed by atoms with E-state index in [1.807, 2.05) is 34.3 Å². The van der Waals surface area contributed by atoms with Gasteiger partial charge < -0.3 is 11.5 Å². The monoisotopic (exact) mass is 282 g/mol. The summed E-state index contributed by atoms with van der Waals surface area (Å²) in [5, 5.41) is 4.68. The van der Waals surface area contributed by atoms with Crippen LogP contribution in [0.25, 0.3) is 26.9 Å². The summed E-state index contributed by atoms with van der Waals surface area (Å²) >= 11 is 1.58. The molecule has 4 N–H and O–H groups in total. The van der Waals surface area contributed by atoms with Crippen LogP contribution in [0.2, 0.25) is 0 Å². The number of nitrogens with two attached hydrogens (primary N) is 2. The van der Waals surface area contributed by atoms with E-state index >= 15 is 0 Å². The quantitative estimate of drug-likeness (QED) is 0.558. The van der Waals surface area contributed by atoms with Crippen LogP contribution in [0.1, 0.15) is 0 Å². The molecule has 0 spiro atoms. The third kappa shape index (κ3) is 1.47. The van der Waals surface area contributed by atoms with E-state index in [1.165, 1.54) is 0 Å². The lowest BCUT2D eigenvalue weighted by molar-refractivity contribution is 1.09. The SMILES string of the molecule is Nc1nc(N)c2c(ccc3c2ccn3-c2nccs2)n1. The molecular weight excluding hydrogens is 272 g/mol. The number of nitrogens with zero attached hydrogens (tertiary/aromatic N) is 4. The highest BCUT2D eigenvalue weighted by molar-refractivity contribution is 7.12. The summed E-state index contributed by atoms with van der Waals surface area (Å²) in [6.45, 7) is 0. The summed E-state index contributed by atoms with van der Waals surface area (Å²) < 4.78 is 2.02. The van der Waals surface area contributed by atoms with Crippen molar-refractivity contribution in [3.8, 4) is 5.13 Å². The normalized spacial score (nSPS) is 11.4. The molecule has 6 nitrogen and oxygen atoms in total. The van der Waals surface area contributed by atoms with E-state index in [4.69, 9.17) is 11.5 Å². The lowest BCUT2D eigenvalue weighted by atomic mass is 10.1. The van der Waals surface area contributed by atoms with Gasteiger partial charge >= 0.3 is 0 Å². The van der Waals surface area contributed by atoms with Crippen LogP contribution < -0.4 is 11.5 Å². The minimum Gasteiger partial charge on any atom is -0.383 e. The van der Waals surface area contributed by atoms with Gasteiger partial charge in [-0.25, -0.2) is 9.97 Å². The van der Waals surface area contributed by atoms with Gasteiger partial charge in [-0.15, -0.1) is 11.3 Å². The Hall–Kier alpha value is -2.67. The summed E-state index contributed by atoms with van der Waals surface area (Å²) in [5.41, 5.74) is 13.4. The topological polar surface area (TPSA) is 95.6 Å². The molecule has 0 aliphatic heterocycles. The van der Waals surface area contributed by atoms with Crippen LogP contribution in [0.3, 0.4) is 0 Å². The molecule has 0 saturated carbocycles. The van der Waals surface area contributed by atoms with Crippen LogP contribution in [-0.2, 0) is 0 Å². The molecule has 0 fully saturated rings. The second-order valence-electron chi connectivity index (χ2n) is 4.36. The number of fused-ring (bicyclic) bond motifs is 3. The van der Waals surface area contributed by atoms with Crippen molar-refractivity contribution in [2.75, 3.05) is 11.5 Å². The standard InChI is InChI=1S/C13H10N6S/c14-11-10-7-3-5-19(13-16-4-6-20-13)9(7)2-1-8(10)17-12(15)18-11/h1-6H,(H4,14,15,17,18). The van der Waals surface area contributed by atoms with Crippen LogP contribution in [0.15, 0.2) is 36.0 Å². The molecule has 0 aliphatic carbocycles. The number of nitrogen functional groups attached to an aromatic ring is 2. The Kier molecular flexibility index (Phi) is 2.19. The Morgan fingerprint density at radius 3 is 2.80 bits per heavy atom. The first kappa shape index (κ1) is 11.2. The minimum atomic E-state index is 0.189. The molecule has 0 atom stereocenters. The highest BCUT2D eigenvalue weighted by Crippen LogP contribution is 2.31. The zero-order chi connectivity index (χ0) is 13.7. The average Bonchev–Trinajstić information content (AvgIpc) is 3.05. The lowest BCUT2D eigenvalue weighted by Crippen LogP contribution is -2.00. The number of aromatic nitrogens is 4. The van der Waals surface area contributed by atoms with E-state index in [1.54, 1.807) is 17.5 Å². The molecule has 3 aromatic heterocycles. The smallest absolute Gasteiger partial charge is 0.222 e. The maximum absolute atomic E-state index is 6.00. The number of rotatable bonds is 1.